The van der Waals surface area contributed by atoms with E-state index in [2.05, 4.69) is 0 Å². The Hall–Kier alpha value is -5.10. The van der Waals surface area contributed by atoms with Crippen LogP contribution in [0, 0.1) is 0 Å². The number of allylic oxidation sites excluding steroid dienone is 1. The van der Waals surface area contributed by atoms with Gasteiger partial charge in [0.25, 0.3) is 0 Å². The first-order valence-electron chi connectivity index (χ1n) is 13.9. The lowest BCUT2D eigenvalue weighted by atomic mass is 9.97. The predicted octanol–water partition coefficient (Wildman–Crippen LogP) is 7.74. The van der Waals surface area contributed by atoms with E-state index in [4.69, 9.17) is 19.3 Å². The molecule has 0 fully saturated rings. The maximum absolute atomic E-state index is 13.8. The largest absolute Gasteiger partial charge is 0.497 e. The lowest BCUT2D eigenvalue weighted by Crippen LogP contribution is -2.24. The Morgan fingerprint density at radius 2 is 1.67 bits per heavy atom. The average Bonchev–Trinajstić information content (AvgIpc) is 3.59. The quantitative estimate of drug-likeness (QED) is 0.137. The van der Waals surface area contributed by atoms with E-state index in [1.54, 1.807) is 19.3 Å². The number of fused-ring (bicyclic) bond motifs is 1. The molecule has 6 nitrogen and oxygen atoms in total. The van der Waals surface area contributed by atoms with E-state index in [0.717, 1.165) is 45.1 Å². The normalized spacial score (nSPS) is 13.5. The molecular weight excluding hydrogens is 524 g/mol. The first kappa shape index (κ1) is 27.1. The number of benzene rings is 4. The molecule has 6 rings (SSSR count). The van der Waals surface area contributed by atoms with E-state index in [9.17, 15) is 4.79 Å². The minimum atomic E-state index is -0.371. The van der Waals surface area contributed by atoms with Crippen LogP contribution in [-0.4, -0.2) is 28.3 Å². The van der Waals surface area contributed by atoms with Gasteiger partial charge in [-0.25, -0.2) is 4.68 Å². The van der Waals surface area contributed by atoms with Crippen molar-refractivity contribution in [1.29, 1.82) is 0 Å². The standard InChI is InChI=1S/C36H32N2O4/c1-36(2)22-31-33(42-36)21-19-30(35(31)41-24-25-10-6-4-7-11-25)32(39)20-16-27-23-38(28-12-8-5-9-13-28)37-34(27)26-14-17-29(40-3)18-15-26/h4-21,23H,22,24H2,1-3H3/b20-16+. The molecular formula is C36H32N2O4. The number of carbonyl (C=O) groups is 1. The SMILES string of the molecule is COc1ccc(-c2nn(-c3ccccc3)cc2/C=C/C(=O)c2ccc3c(c2OCc2ccccc2)CC(C)(C)O3)cc1. The average molecular weight is 557 g/mol. The van der Waals surface area contributed by atoms with Crippen molar-refractivity contribution in [3.05, 3.63) is 132 Å². The predicted molar refractivity (Wildman–Crippen MR) is 165 cm³/mol. The summed E-state index contributed by atoms with van der Waals surface area (Å²) in [5.74, 6) is 1.94. The van der Waals surface area contributed by atoms with Gasteiger partial charge in [0.05, 0.1) is 24.1 Å². The second-order valence-corrected chi connectivity index (χ2v) is 10.9. The fourth-order valence-electron chi connectivity index (χ4n) is 5.17. The third-order valence-corrected chi connectivity index (χ3v) is 7.24. The highest BCUT2D eigenvalue weighted by atomic mass is 16.5. The summed E-state index contributed by atoms with van der Waals surface area (Å²) in [6.07, 6.45) is 6.01. The monoisotopic (exact) mass is 556 g/mol. The van der Waals surface area contributed by atoms with Crippen LogP contribution in [0.1, 0.15) is 40.9 Å². The Morgan fingerprint density at radius 1 is 0.952 bits per heavy atom. The highest BCUT2D eigenvalue weighted by molar-refractivity contribution is 6.09. The lowest BCUT2D eigenvalue weighted by Gasteiger charge is -2.16. The van der Waals surface area contributed by atoms with Crippen molar-refractivity contribution in [2.45, 2.75) is 32.5 Å². The zero-order valence-electron chi connectivity index (χ0n) is 23.9. The van der Waals surface area contributed by atoms with Gasteiger partial charge in [-0.05, 0) is 80.1 Å². The molecule has 0 bridgehead atoms. The molecule has 0 unspecified atom stereocenters. The van der Waals surface area contributed by atoms with Crippen LogP contribution in [0.15, 0.2) is 109 Å². The molecule has 1 aromatic heterocycles. The van der Waals surface area contributed by atoms with Crippen LogP contribution in [0.5, 0.6) is 17.2 Å². The molecule has 0 radical (unpaired) electrons. The summed E-state index contributed by atoms with van der Waals surface area (Å²) >= 11 is 0. The van der Waals surface area contributed by atoms with Crippen LogP contribution in [0.25, 0.3) is 23.0 Å². The van der Waals surface area contributed by atoms with Crippen molar-refractivity contribution in [3.8, 4) is 34.2 Å². The van der Waals surface area contributed by atoms with Crippen LogP contribution >= 0.6 is 0 Å². The van der Waals surface area contributed by atoms with Gasteiger partial charge < -0.3 is 14.2 Å². The highest BCUT2D eigenvalue weighted by Gasteiger charge is 2.34. The molecule has 6 heteroatoms. The number of rotatable bonds is 9. The van der Waals surface area contributed by atoms with Crippen molar-refractivity contribution in [1.82, 2.24) is 9.78 Å². The van der Waals surface area contributed by atoms with Gasteiger partial charge in [0.15, 0.2) is 5.78 Å². The molecule has 1 aliphatic rings. The number of methoxy groups -OCH3 is 1. The Bertz CT molecular complexity index is 1740. The van der Waals surface area contributed by atoms with Crippen LogP contribution < -0.4 is 14.2 Å². The molecule has 1 aliphatic heterocycles. The number of carbonyl (C=O) groups excluding carboxylic acids is 1. The maximum atomic E-state index is 13.8. The second-order valence-electron chi connectivity index (χ2n) is 10.9. The zero-order chi connectivity index (χ0) is 29.1. The van der Waals surface area contributed by atoms with Gasteiger partial charge in [0, 0.05) is 29.3 Å². The summed E-state index contributed by atoms with van der Waals surface area (Å²) in [7, 11) is 1.64. The molecule has 5 aromatic rings. The van der Waals surface area contributed by atoms with E-state index in [0.29, 0.717) is 24.3 Å². The van der Waals surface area contributed by atoms with Crippen molar-refractivity contribution >= 4 is 11.9 Å². The van der Waals surface area contributed by atoms with Crippen LogP contribution in [0.3, 0.4) is 0 Å². The molecule has 2 heterocycles. The fraction of sp³-hybridized carbons (Fsp3) is 0.167. The Kier molecular flexibility index (Phi) is 7.36. The number of aromatic nitrogens is 2. The van der Waals surface area contributed by atoms with Gasteiger partial charge in [-0.15, -0.1) is 0 Å². The van der Waals surface area contributed by atoms with Gasteiger partial charge in [-0.2, -0.15) is 5.10 Å². The number of hydrogen-bond donors (Lipinski definition) is 0. The first-order valence-corrected chi connectivity index (χ1v) is 13.9. The molecule has 0 N–H and O–H groups in total. The van der Waals surface area contributed by atoms with Gasteiger partial charge >= 0.3 is 0 Å². The van der Waals surface area contributed by atoms with E-state index < -0.39 is 0 Å². The first-order chi connectivity index (χ1) is 20.4. The van der Waals surface area contributed by atoms with Crippen LogP contribution in [0.2, 0.25) is 0 Å². The minimum Gasteiger partial charge on any atom is -0.497 e. The topological polar surface area (TPSA) is 62.6 Å². The molecule has 0 aliphatic carbocycles. The summed E-state index contributed by atoms with van der Waals surface area (Å²) in [5, 5.41) is 4.87. The number of ketones is 1. The Labute approximate surface area is 245 Å². The van der Waals surface area contributed by atoms with Crippen molar-refractivity contribution in [2.75, 3.05) is 7.11 Å². The molecule has 4 aromatic carbocycles. The Balaban J connectivity index is 1.36. The number of ether oxygens (including phenoxy) is 3. The summed E-state index contributed by atoms with van der Waals surface area (Å²) in [6.45, 7) is 4.44. The molecule has 210 valence electrons. The summed E-state index contributed by atoms with van der Waals surface area (Å²) in [6, 6.07) is 31.3. The third-order valence-electron chi connectivity index (χ3n) is 7.24. The van der Waals surface area contributed by atoms with Crippen molar-refractivity contribution in [2.24, 2.45) is 0 Å². The molecule has 0 atom stereocenters. The fourth-order valence-corrected chi connectivity index (χ4v) is 5.17. The third kappa shape index (κ3) is 5.70. The van der Waals surface area contributed by atoms with E-state index >= 15 is 0 Å². The summed E-state index contributed by atoms with van der Waals surface area (Å²) in [5.41, 5.74) is 5.50. The van der Waals surface area contributed by atoms with Gasteiger partial charge in [0.1, 0.15) is 29.5 Å². The molecule has 0 saturated heterocycles. The summed E-state index contributed by atoms with van der Waals surface area (Å²) < 4.78 is 19.7. The molecule has 0 saturated carbocycles. The van der Waals surface area contributed by atoms with Crippen LogP contribution in [-0.2, 0) is 13.0 Å². The van der Waals surface area contributed by atoms with Gasteiger partial charge in [-0.3, -0.25) is 4.79 Å². The number of para-hydroxylation sites is 1. The van der Waals surface area contributed by atoms with E-state index in [1.165, 1.54) is 0 Å². The molecule has 0 spiro atoms. The lowest BCUT2D eigenvalue weighted by molar-refractivity contribution is 0.104. The molecule has 42 heavy (non-hydrogen) atoms. The summed E-state index contributed by atoms with van der Waals surface area (Å²) in [4.78, 5) is 13.8. The van der Waals surface area contributed by atoms with Crippen molar-refractivity contribution < 1.29 is 19.0 Å². The van der Waals surface area contributed by atoms with E-state index in [-0.39, 0.29) is 11.4 Å². The zero-order valence-corrected chi connectivity index (χ0v) is 23.9. The number of hydrogen-bond acceptors (Lipinski definition) is 5. The number of nitrogens with zero attached hydrogens (tertiary/aromatic N) is 2. The van der Waals surface area contributed by atoms with Crippen LogP contribution in [0.4, 0.5) is 0 Å². The second kappa shape index (κ2) is 11.4. The van der Waals surface area contributed by atoms with Crippen molar-refractivity contribution in [3.63, 3.8) is 0 Å². The smallest absolute Gasteiger partial charge is 0.189 e. The van der Waals surface area contributed by atoms with Gasteiger partial charge in [0.2, 0.25) is 0 Å². The van der Waals surface area contributed by atoms with Gasteiger partial charge in [-0.1, -0.05) is 48.5 Å². The maximum Gasteiger partial charge on any atom is 0.189 e. The minimum absolute atomic E-state index is 0.154. The highest BCUT2D eigenvalue weighted by Crippen LogP contribution is 2.43. The van der Waals surface area contributed by atoms with E-state index in [1.807, 2.05) is 122 Å². The molecule has 0 amide bonds. The Morgan fingerprint density at radius 3 is 2.38 bits per heavy atom.